The number of benzene rings is 2. The maximum Gasteiger partial charge on any atom is 0.303 e. The molecule has 1 aliphatic rings. The topological polar surface area (TPSA) is 62.7 Å². The zero-order valence-electron chi connectivity index (χ0n) is 20.9. The van der Waals surface area contributed by atoms with E-state index >= 15 is 0 Å². The second-order valence-electron chi connectivity index (χ2n) is 9.55. The van der Waals surface area contributed by atoms with Crippen molar-refractivity contribution in [2.45, 2.75) is 32.1 Å². The van der Waals surface area contributed by atoms with Gasteiger partial charge < -0.3 is 9.84 Å². The molecule has 3 aromatic rings. The van der Waals surface area contributed by atoms with Gasteiger partial charge in [0, 0.05) is 30.6 Å². The lowest BCUT2D eigenvalue weighted by atomic mass is 9.80. The molecule has 5 nitrogen and oxygen atoms in total. The number of carboxylic acids is 1. The van der Waals surface area contributed by atoms with Crippen LogP contribution in [0.2, 0.25) is 5.02 Å². The minimum Gasteiger partial charge on any atom is -0.497 e. The van der Waals surface area contributed by atoms with Crippen molar-refractivity contribution in [3.8, 4) is 17.6 Å². The van der Waals surface area contributed by atoms with E-state index < -0.39 is 23.4 Å². The Bertz CT molecular complexity index is 1390. The fraction of sp³-hybridized carbons (Fsp3) is 0.379. The number of carboxylic acid groups (broad SMARTS) is 1. The van der Waals surface area contributed by atoms with Crippen LogP contribution in [0, 0.1) is 41.1 Å². The van der Waals surface area contributed by atoms with Gasteiger partial charge in [-0.25, -0.2) is 13.2 Å². The van der Waals surface area contributed by atoms with Crippen LogP contribution in [0.1, 0.15) is 36.8 Å². The molecule has 2 heterocycles. The molecule has 0 aliphatic carbocycles. The minimum absolute atomic E-state index is 0.0362. The van der Waals surface area contributed by atoms with Crippen LogP contribution in [0.3, 0.4) is 0 Å². The Morgan fingerprint density at radius 2 is 2.05 bits per heavy atom. The van der Waals surface area contributed by atoms with Gasteiger partial charge >= 0.3 is 5.97 Å². The Kier molecular flexibility index (Phi) is 9.13. The van der Waals surface area contributed by atoms with Crippen molar-refractivity contribution >= 4 is 28.5 Å². The Hall–Kier alpha value is -3.28. The summed E-state index contributed by atoms with van der Waals surface area (Å²) in [5, 5.41) is 11.0. The number of pyridine rings is 1. The highest BCUT2D eigenvalue weighted by Crippen LogP contribution is 2.33. The fourth-order valence-electron chi connectivity index (χ4n) is 5.15. The molecule has 0 saturated carbocycles. The lowest BCUT2D eigenvalue weighted by Gasteiger charge is -2.37. The van der Waals surface area contributed by atoms with E-state index in [1.165, 1.54) is 0 Å². The third-order valence-corrected chi connectivity index (χ3v) is 7.39. The number of likely N-dealkylation sites (tertiary alicyclic amines) is 1. The van der Waals surface area contributed by atoms with E-state index in [0.29, 0.717) is 24.2 Å². The van der Waals surface area contributed by atoms with Crippen LogP contribution in [0.25, 0.3) is 10.9 Å². The highest BCUT2D eigenvalue weighted by molar-refractivity contribution is 6.32. The lowest BCUT2D eigenvalue weighted by Crippen LogP contribution is -2.41. The average molecular weight is 545 g/mol. The quantitative estimate of drug-likeness (QED) is 0.274. The molecule has 1 aromatic heterocycles. The molecule has 38 heavy (non-hydrogen) atoms. The van der Waals surface area contributed by atoms with E-state index in [-0.39, 0.29) is 30.4 Å². The summed E-state index contributed by atoms with van der Waals surface area (Å²) in [7, 11) is 1.61. The van der Waals surface area contributed by atoms with Crippen LogP contribution in [0.15, 0.2) is 36.5 Å². The SMILES string of the molecule is COc1ccc2ncc(Cl)c(CCC[C@@H]3CCN(CC#Cc4cc(F)cc(F)c4F)C[C@H]3CC(=O)O)c2c1. The Balaban J connectivity index is 1.39. The molecule has 0 amide bonds. The van der Waals surface area contributed by atoms with Gasteiger partial charge in [0.25, 0.3) is 0 Å². The standard InChI is InChI=1S/C29H28ClF3N2O3/c1-38-22-7-8-27-24(15-22)23(25(30)16-34-27)6-2-4-18-9-11-35(17-20(18)13-28(36)37)10-3-5-19-12-21(31)14-26(32)29(19)33/h7-8,12,14-16,18,20H,2,4,6,9-11,13,17H2,1H3,(H,36,37)/t18-,20-/m1/s1. The number of hydrogen-bond acceptors (Lipinski definition) is 4. The van der Waals surface area contributed by atoms with Crippen LogP contribution < -0.4 is 4.74 Å². The molecule has 2 aromatic carbocycles. The molecule has 1 fully saturated rings. The first-order chi connectivity index (χ1) is 18.2. The van der Waals surface area contributed by atoms with Crippen molar-refractivity contribution in [1.82, 2.24) is 9.88 Å². The van der Waals surface area contributed by atoms with E-state index in [4.69, 9.17) is 16.3 Å². The van der Waals surface area contributed by atoms with Crippen molar-refractivity contribution in [3.63, 3.8) is 0 Å². The predicted octanol–water partition coefficient (Wildman–Crippen LogP) is 6.10. The van der Waals surface area contributed by atoms with Gasteiger partial charge in [0.15, 0.2) is 11.6 Å². The van der Waals surface area contributed by atoms with Crippen LogP contribution in [0.4, 0.5) is 13.2 Å². The third kappa shape index (κ3) is 6.77. The number of methoxy groups -OCH3 is 1. The van der Waals surface area contributed by atoms with E-state index in [1.807, 2.05) is 23.1 Å². The number of halogens is 4. The molecule has 0 unspecified atom stereocenters. The zero-order valence-corrected chi connectivity index (χ0v) is 21.7. The maximum atomic E-state index is 13.9. The molecule has 4 rings (SSSR count). The first-order valence-electron chi connectivity index (χ1n) is 12.4. The molecule has 0 spiro atoms. The van der Waals surface area contributed by atoms with Gasteiger partial charge in [-0.15, -0.1) is 0 Å². The van der Waals surface area contributed by atoms with Gasteiger partial charge in [0.05, 0.1) is 29.8 Å². The van der Waals surface area contributed by atoms with Gasteiger partial charge in [0.1, 0.15) is 11.6 Å². The van der Waals surface area contributed by atoms with E-state index in [9.17, 15) is 23.1 Å². The first-order valence-corrected chi connectivity index (χ1v) is 12.8. The van der Waals surface area contributed by atoms with E-state index in [1.54, 1.807) is 13.3 Å². The Morgan fingerprint density at radius 1 is 1.24 bits per heavy atom. The van der Waals surface area contributed by atoms with Gasteiger partial charge in [0.2, 0.25) is 0 Å². The van der Waals surface area contributed by atoms with Crippen molar-refractivity contribution in [2.75, 3.05) is 26.7 Å². The highest BCUT2D eigenvalue weighted by atomic mass is 35.5. The van der Waals surface area contributed by atoms with Gasteiger partial charge in [-0.05, 0) is 73.9 Å². The molecule has 2 atom stereocenters. The minimum atomic E-state index is -1.28. The largest absolute Gasteiger partial charge is 0.497 e. The lowest BCUT2D eigenvalue weighted by molar-refractivity contribution is -0.139. The smallest absolute Gasteiger partial charge is 0.303 e. The van der Waals surface area contributed by atoms with Crippen LogP contribution in [-0.2, 0) is 11.2 Å². The molecular weight excluding hydrogens is 517 g/mol. The number of rotatable bonds is 8. The molecular formula is C29H28ClF3N2O3. The molecule has 1 aliphatic heterocycles. The summed E-state index contributed by atoms with van der Waals surface area (Å²) in [6.45, 7) is 1.48. The number of hydrogen-bond donors (Lipinski definition) is 1. The Labute approximate surface area is 224 Å². The van der Waals surface area contributed by atoms with E-state index in [2.05, 4.69) is 16.8 Å². The average Bonchev–Trinajstić information content (AvgIpc) is 2.88. The van der Waals surface area contributed by atoms with Crippen molar-refractivity contribution in [3.05, 3.63) is 70.1 Å². The summed E-state index contributed by atoms with van der Waals surface area (Å²) < 4.78 is 46.0. The summed E-state index contributed by atoms with van der Waals surface area (Å²) >= 11 is 6.49. The summed E-state index contributed by atoms with van der Waals surface area (Å²) in [5.74, 6) is 1.93. The number of nitrogens with zero attached hydrogens (tertiary/aromatic N) is 2. The number of carbonyl (C=O) groups is 1. The Morgan fingerprint density at radius 3 is 2.82 bits per heavy atom. The van der Waals surface area contributed by atoms with Crippen LogP contribution in [-0.4, -0.2) is 47.7 Å². The zero-order chi connectivity index (χ0) is 27.2. The molecule has 1 N–H and O–H groups in total. The molecule has 0 radical (unpaired) electrons. The fourth-order valence-corrected chi connectivity index (χ4v) is 5.40. The monoisotopic (exact) mass is 544 g/mol. The predicted molar refractivity (Wildman–Crippen MR) is 140 cm³/mol. The molecule has 1 saturated heterocycles. The van der Waals surface area contributed by atoms with Gasteiger partial charge in [-0.2, -0.15) is 0 Å². The van der Waals surface area contributed by atoms with Crippen LogP contribution >= 0.6 is 11.6 Å². The van der Waals surface area contributed by atoms with Gasteiger partial charge in [-0.3, -0.25) is 14.7 Å². The van der Waals surface area contributed by atoms with Crippen molar-refractivity contribution in [1.29, 1.82) is 0 Å². The van der Waals surface area contributed by atoms with E-state index in [0.717, 1.165) is 54.0 Å². The number of piperidine rings is 1. The number of aromatic nitrogens is 1. The molecule has 200 valence electrons. The van der Waals surface area contributed by atoms with Crippen molar-refractivity contribution < 1.29 is 27.8 Å². The number of aryl methyl sites for hydroxylation is 1. The summed E-state index contributed by atoms with van der Waals surface area (Å²) in [4.78, 5) is 18.0. The van der Waals surface area contributed by atoms with Crippen molar-refractivity contribution in [2.24, 2.45) is 11.8 Å². The number of aliphatic carboxylic acids is 1. The molecule has 9 heteroatoms. The maximum absolute atomic E-state index is 13.9. The highest BCUT2D eigenvalue weighted by Gasteiger charge is 2.30. The molecule has 0 bridgehead atoms. The first kappa shape index (κ1) is 27.7. The normalized spacial score (nSPS) is 17.7. The third-order valence-electron chi connectivity index (χ3n) is 7.07. The number of fused-ring (bicyclic) bond motifs is 1. The summed E-state index contributed by atoms with van der Waals surface area (Å²) in [6, 6.07) is 7.02. The van der Waals surface area contributed by atoms with Gasteiger partial charge in [-0.1, -0.05) is 23.4 Å². The van der Waals surface area contributed by atoms with Crippen LogP contribution in [0.5, 0.6) is 5.75 Å². The second-order valence-corrected chi connectivity index (χ2v) is 9.96. The summed E-state index contributed by atoms with van der Waals surface area (Å²) in [5.41, 5.74) is 1.50. The second kappa shape index (κ2) is 12.5. The summed E-state index contributed by atoms with van der Waals surface area (Å²) in [6.07, 6.45) is 4.89. The number of ether oxygens (including phenoxy) is 1.